The molecule has 3 aliphatic rings. The highest BCUT2D eigenvalue weighted by atomic mass is 35.5. The summed E-state index contributed by atoms with van der Waals surface area (Å²) in [5.41, 5.74) is 7.85. The van der Waals surface area contributed by atoms with Gasteiger partial charge in [-0.3, -0.25) is 4.79 Å². The van der Waals surface area contributed by atoms with Crippen molar-refractivity contribution in [2.45, 2.75) is 37.9 Å². The zero-order valence-corrected chi connectivity index (χ0v) is 17.6. The number of methoxy groups -OCH3 is 1. The monoisotopic (exact) mass is 423 g/mol. The van der Waals surface area contributed by atoms with Crippen LogP contribution in [-0.2, 0) is 15.9 Å². The van der Waals surface area contributed by atoms with Crippen LogP contribution >= 0.6 is 11.6 Å². The maximum absolute atomic E-state index is 13.0. The first-order valence-corrected chi connectivity index (χ1v) is 10.8. The Kier molecular flexibility index (Phi) is 6.49. The number of carbonyl (C=O) groups is 1. The average Bonchev–Trinajstić information content (AvgIpc) is 3.43. The number of nitrogen functional groups attached to an aromatic ring is 1. The molecular weight excluding hydrogens is 394 g/mol. The van der Waals surface area contributed by atoms with Crippen molar-refractivity contribution in [3.63, 3.8) is 0 Å². The number of hydrogen-bond donors (Lipinski definition) is 3. The van der Waals surface area contributed by atoms with E-state index in [4.69, 9.17) is 31.5 Å². The standard InChI is InChI=1S/C21H30ClN3O4/c1-27-20(17-3-2-7-28-17)15-11-24-6-4-12(15)10-25-21(26)14-9-16(22)18(23)13-5-8-29-19(13)14/h9,12,15,17,20,24H,2-8,10-11,23H2,1H3,(H,25,26). The lowest BCUT2D eigenvalue weighted by Gasteiger charge is -2.39. The molecule has 0 radical (unpaired) electrons. The van der Waals surface area contributed by atoms with Crippen LogP contribution < -0.4 is 21.1 Å². The zero-order chi connectivity index (χ0) is 20.4. The zero-order valence-electron chi connectivity index (χ0n) is 16.8. The summed E-state index contributed by atoms with van der Waals surface area (Å²) in [4.78, 5) is 13.0. The normalized spacial score (nSPS) is 27.3. The molecule has 29 heavy (non-hydrogen) atoms. The van der Waals surface area contributed by atoms with Crippen molar-refractivity contribution in [3.8, 4) is 5.75 Å². The lowest BCUT2D eigenvalue weighted by Crippen LogP contribution is -2.50. The number of fused-ring (bicyclic) bond motifs is 1. The van der Waals surface area contributed by atoms with E-state index in [-0.39, 0.29) is 24.0 Å². The molecule has 0 aromatic heterocycles. The second-order valence-electron chi connectivity index (χ2n) is 8.10. The van der Waals surface area contributed by atoms with Gasteiger partial charge in [-0.1, -0.05) is 11.6 Å². The van der Waals surface area contributed by atoms with Crippen LogP contribution in [0.4, 0.5) is 5.69 Å². The molecule has 0 aliphatic carbocycles. The molecule has 3 aliphatic heterocycles. The number of ether oxygens (including phenoxy) is 3. The van der Waals surface area contributed by atoms with E-state index < -0.39 is 0 Å². The van der Waals surface area contributed by atoms with Crippen molar-refractivity contribution in [2.24, 2.45) is 11.8 Å². The first-order valence-electron chi connectivity index (χ1n) is 10.5. The highest BCUT2D eigenvalue weighted by molar-refractivity contribution is 6.33. The third kappa shape index (κ3) is 4.19. The van der Waals surface area contributed by atoms with Gasteiger partial charge in [0, 0.05) is 44.7 Å². The Morgan fingerprint density at radius 1 is 1.45 bits per heavy atom. The topological polar surface area (TPSA) is 94.8 Å². The molecule has 0 saturated carbocycles. The molecule has 1 amide bonds. The number of carbonyl (C=O) groups excluding carboxylic acids is 1. The van der Waals surface area contributed by atoms with Crippen molar-refractivity contribution in [2.75, 3.05) is 45.7 Å². The van der Waals surface area contributed by atoms with Crippen LogP contribution in [0.5, 0.6) is 5.75 Å². The van der Waals surface area contributed by atoms with E-state index in [1.54, 1.807) is 13.2 Å². The van der Waals surface area contributed by atoms with Gasteiger partial charge in [-0.25, -0.2) is 0 Å². The Morgan fingerprint density at radius 2 is 2.31 bits per heavy atom. The van der Waals surface area contributed by atoms with Crippen LogP contribution in [0.15, 0.2) is 6.07 Å². The number of anilines is 1. The summed E-state index contributed by atoms with van der Waals surface area (Å²) in [6, 6.07) is 1.61. The highest BCUT2D eigenvalue weighted by Crippen LogP contribution is 2.38. The number of piperidine rings is 1. The Morgan fingerprint density at radius 3 is 3.07 bits per heavy atom. The van der Waals surface area contributed by atoms with Crippen molar-refractivity contribution < 1.29 is 19.0 Å². The molecule has 7 nitrogen and oxygen atoms in total. The Balaban J connectivity index is 1.45. The molecule has 2 fully saturated rings. The summed E-state index contributed by atoms with van der Waals surface area (Å²) in [5, 5.41) is 6.97. The quantitative estimate of drug-likeness (QED) is 0.606. The van der Waals surface area contributed by atoms with Gasteiger partial charge in [0.25, 0.3) is 5.91 Å². The molecule has 0 spiro atoms. The molecule has 4 N–H and O–H groups in total. The van der Waals surface area contributed by atoms with E-state index in [1.807, 2.05) is 0 Å². The predicted molar refractivity (Wildman–Crippen MR) is 112 cm³/mol. The molecule has 1 aromatic carbocycles. The average molecular weight is 424 g/mol. The second kappa shape index (κ2) is 9.08. The fourth-order valence-corrected chi connectivity index (χ4v) is 5.12. The second-order valence-corrected chi connectivity index (χ2v) is 8.51. The third-order valence-electron chi connectivity index (χ3n) is 6.44. The molecule has 2 saturated heterocycles. The lowest BCUT2D eigenvalue weighted by atomic mass is 9.80. The van der Waals surface area contributed by atoms with Crippen molar-refractivity contribution in [3.05, 3.63) is 22.2 Å². The van der Waals surface area contributed by atoms with Crippen LogP contribution in [0.1, 0.15) is 35.2 Å². The van der Waals surface area contributed by atoms with E-state index in [0.29, 0.717) is 47.5 Å². The maximum Gasteiger partial charge on any atom is 0.255 e. The maximum atomic E-state index is 13.0. The van der Waals surface area contributed by atoms with E-state index in [1.165, 1.54) is 0 Å². The summed E-state index contributed by atoms with van der Waals surface area (Å²) in [6.45, 7) is 3.70. The van der Waals surface area contributed by atoms with Gasteiger partial charge in [-0.15, -0.1) is 0 Å². The summed E-state index contributed by atoms with van der Waals surface area (Å²) in [5.74, 6) is 0.996. The third-order valence-corrected chi connectivity index (χ3v) is 6.76. The number of nitrogens with two attached hydrogens (primary N) is 1. The minimum Gasteiger partial charge on any atom is -0.492 e. The van der Waals surface area contributed by atoms with Gasteiger partial charge in [-0.05, 0) is 37.8 Å². The van der Waals surface area contributed by atoms with Crippen LogP contribution in [0.25, 0.3) is 0 Å². The van der Waals surface area contributed by atoms with Gasteiger partial charge >= 0.3 is 0 Å². The first-order chi connectivity index (χ1) is 14.1. The van der Waals surface area contributed by atoms with Crippen LogP contribution in [0, 0.1) is 11.8 Å². The summed E-state index contributed by atoms with van der Waals surface area (Å²) in [7, 11) is 1.76. The Hall–Kier alpha value is -1.54. The van der Waals surface area contributed by atoms with Gasteiger partial charge in [0.05, 0.1) is 35.1 Å². The van der Waals surface area contributed by atoms with Crippen LogP contribution in [0.2, 0.25) is 5.02 Å². The number of halogens is 1. The van der Waals surface area contributed by atoms with Gasteiger partial charge in [-0.2, -0.15) is 0 Å². The Bertz CT molecular complexity index is 754. The lowest BCUT2D eigenvalue weighted by molar-refractivity contribution is -0.0737. The van der Waals surface area contributed by atoms with Gasteiger partial charge in [0.1, 0.15) is 5.75 Å². The number of hydrogen-bond acceptors (Lipinski definition) is 6. The van der Waals surface area contributed by atoms with Crippen LogP contribution in [0.3, 0.4) is 0 Å². The molecule has 8 heteroatoms. The number of benzene rings is 1. The highest BCUT2D eigenvalue weighted by Gasteiger charge is 2.38. The van der Waals surface area contributed by atoms with Gasteiger partial charge < -0.3 is 30.6 Å². The van der Waals surface area contributed by atoms with Gasteiger partial charge in [0.2, 0.25) is 0 Å². The fraction of sp³-hybridized carbons (Fsp3) is 0.667. The largest absolute Gasteiger partial charge is 0.492 e. The molecule has 4 atom stereocenters. The molecular formula is C21H30ClN3O4. The molecule has 0 bridgehead atoms. The summed E-state index contributed by atoms with van der Waals surface area (Å²) >= 11 is 6.25. The van der Waals surface area contributed by atoms with Crippen molar-refractivity contribution >= 4 is 23.2 Å². The molecule has 160 valence electrons. The number of rotatable bonds is 6. The molecule has 4 rings (SSSR count). The SMILES string of the molecule is COC(C1CCCO1)C1CNCCC1CNC(=O)c1cc(Cl)c(N)c2c1OCC2. The van der Waals surface area contributed by atoms with Crippen molar-refractivity contribution in [1.29, 1.82) is 0 Å². The predicted octanol–water partition coefficient (Wildman–Crippen LogP) is 2.01. The summed E-state index contributed by atoms with van der Waals surface area (Å²) in [6.07, 6.45) is 3.93. The summed E-state index contributed by atoms with van der Waals surface area (Å²) < 4.78 is 17.4. The smallest absolute Gasteiger partial charge is 0.255 e. The molecule has 1 aromatic rings. The molecule has 4 unspecified atom stereocenters. The minimum atomic E-state index is -0.173. The van der Waals surface area contributed by atoms with Crippen LogP contribution in [-0.4, -0.2) is 58.1 Å². The van der Waals surface area contributed by atoms with E-state index in [0.717, 1.165) is 44.5 Å². The van der Waals surface area contributed by atoms with E-state index in [9.17, 15) is 4.79 Å². The minimum absolute atomic E-state index is 0.0331. The molecule has 3 heterocycles. The van der Waals surface area contributed by atoms with Gasteiger partial charge in [0.15, 0.2) is 0 Å². The fourth-order valence-electron chi connectivity index (χ4n) is 4.89. The number of amides is 1. The first kappa shape index (κ1) is 20.7. The van der Waals surface area contributed by atoms with Crippen molar-refractivity contribution in [1.82, 2.24) is 10.6 Å². The van der Waals surface area contributed by atoms with E-state index in [2.05, 4.69) is 10.6 Å². The number of nitrogens with one attached hydrogen (secondary N) is 2. The Labute approximate surface area is 176 Å². The van der Waals surface area contributed by atoms with E-state index >= 15 is 0 Å².